The van der Waals surface area contributed by atoms with Crippen LogP contribution in [-0.2, 0) is 10.0 Å². The number of hydrogen-bond donors (Lipinski definition) is 0. The van der Waals surface area contributed by atoms with Gasteiger partial charge in [0.2, 0.25) is 0 Å². The van der Waals surface area contributed by atoms with Gasteiger partial charge in [-0.3, -0.25) is 9.59 Å². The fourth-order valence-corrected chi connectivity index (χ4v) is 4.90. The Morgan fingerprint density at radius 3 is 2.52 bits per heavy atom. The van der Waals surface area contributed by atoms with Gasteiger partial charge in [0.05, 0.1) is 14.2 Å². The molecular weight excluding hydrogens is 378 g/mol. The summed E-state index contributed by atoms with van der Waals surface area (Å²) >= 11 is 4.44. The molecule has 1 aromatic carbocycles. The lowest BCUT2D eigenvalue weighted by Crippen LogP contribution is -2.34. The van der Waals surface area contributed by atoms with Gasteiger partial charge in [-0.05, 0) is 40.2 Å². The topological polar surface area (TPSA) is 71.5 Å². The summed E-state index contributed by atoms with van der Waals surface area (Å²) in [6, 6.07) is 9.25. The van der Waals surface area contributed by atoms with Gasteiger partial charge in [0.15, 0.2) is 5.78 Å². The number of hydrogen-bond acceptors (Lipinski definition) is 5. The van der Waals surface area contributed by atoms with Crippen molar-refractivity contribution in [2.45, 2.75) is 4.90 Å². The van der Waals surface area contributed by atoms with Crippen LogP contribution in [0.2, 0.25) is 0 Å². The zero-order valence-electron chi connectivity index (χ0n) is 10.4. The van der Waals surface area contributed by atoms with Gasteiger partial charge in [0.25, 0.3) is 15.9 Å². The molecule has 0 atom stereocenters. The molecule has 0 spiro atoms. The molecule has 0 unspecified atom stereocenters. The number of thiophene rings is 1. The molecular formula is C13H8BrNO4S2. The first-order valence-electron chi connectivity index (χ1n) is 5.86. The fraction of sp³-hybridized carbons (Fsp3) is 0.0769. The van der Waals surface area contributed by atoms with E-state index in [4.69, 9.17) is 0 Å². The molecule has 0 aliphatic carbocycles. The monoisotopic (exact) mass is 385 g/mol. The number of Topliss-reactive ketones (excluding diaryl/α,β-unsaturated/α-hetero) is 1. The largest absolute Gasteiger partial charge is 0.291 e. The molecule has 5 nitrogen and oxygen atoms in total. The quantitative estimate of drug-likeness (QED) is 0.761. The molecule has 21 heavy (non-hydrogen) atoms. The summed E-state index contributed by atoms with van der Waals surface area (Å²) in [5.74, 6) is -1.06. The average molecular weight is 386 g/mol. The number of sulfonamides is 1. The van der Waals surface area contributed by atoms with E-state index in [1.54, 1.807) is 24.3 Å². The van der Waals surface area contributed by atoms with Gasteiger partial charge < -0.3 is 0 Å². The summed E-state index contributed by atoms with van der Waals surface area (Å²) in [6.45, 7) is -0.483. The Labute approximate surface area is 133 Å². The van der Waals surface area contributed by atoms with Crippen molar-refractivity contribution in [3.8, 4) is 0 Å². The second-order valence-electron chi connectivity index (χ2n) is 4.34. The smallest absolute Gasteiger partial charge is 0.269 e. The van der Waals surface area contributed by atoms with Gasteiger partial charge in [-0.1, -0.05) is 12.1 Å². The summed E-state index contributed by atoms with van der Waals surface area (Å²) in [5, 5.41) is 0. The molecule has 1 aliphatic rings. The number of rotatable bonds is 3. The first-order valence-corrected chi connectivity index (χ1v) is 8.91. The van der Waals surface area contributed by atoms with Crippen molar-refractivity contribution in [2.75, 3.05) is 6.54 Å². The van der Waals surface area contributed by atoms with Crippen molar-refractivity contribution in [1.29, 1.82) is 0 Å². The van der Waals surface area contributed by atoms with E-state index in [9.17, 15) is 18.0 Å². The van der Waals surface area contributed by atoms with Crippen LogP contribution in [0, 0.1) is 0 Å². The van der Waals surface area contributed by atoms with Crippen LogP contribution >= 0.6 is 27.3 Å². The standard InChI is InChI=1S/C13H8BrNO4S2/c14-12-6-5-10(20-12)9(16)7-15-13(17)8-3-1-2-4-11(8)21(15,18)19/h1-6H,7H2. The molecule has 1 amide bonds. The fourth-order valence-electron chi connectivity index (χ4n) is 2.06. The molecule has 3 rings (SSSR count). The highest BCUT2D eigenvalue weighted by Crippen LogP contribution is 2.30. The van der Waals surface area contributed by atoms with Crippen LogP contribution in [0.15, 0.2) is 45.1 Å². The van der Waals surface area contributed by atoms with E-state index in [0.29, 0.717) is 9.18 Å². The van der Waals surface area contributed by atoms with Crippen LogP contribution in [0.1, 0.15) is 20.0 Å². The van der Waals surface area contributed by atoms with Crippen LogP contribution in [0.4, 0.5) is 0 Å². The van der Waals surface area contributed by atoms with Crippen LogP contribution in [0.25, 0.3) is 0 Å². The number of benzene rings is 1. The summed E-state index contributed by atoms with van der Waals surface area (Å²) in [7, 11) is -3.94. The van der Waals surface area contributed by atoms with E-state index in [1.165, 1.54) is 23.5 Å². The number of ketones is 1. The molecule has 1 aromatic heterocycles. The first-order chi connectivity index (χ1) is 9.91. The zero-order valence-corrected chi connectivity index (χ0v) is 13.7. The van der Waals surface area contributed by atoms with Crippen LogP contribution < -0.4 is 0 Å². The molecule has 2 aromatic rings. The predicted octanol–water partition coefficient (Wildman–Crippen LogP) is 2.54. The first kappa shape index (κ1) is 14.4. The maximum atomic E-state index is 12.3. The van der Waals surface area contributed by atoms with Crippen LogP contribution in [0.5, 0.6) is 0 Å². The number of carbonyl (C=O) groups excluding carboxylic acids is 2. The lowest BCUT2D eigenvalue weighted by atomic mass is 10.2. The number of nitrogens with zero attached hydrogens (tertiary/aromatic N) is 1. The van der Waals surface area contributed by atoms with Crippen molar-refractivity contribution in [3.63, 3.8) is 0 Å². The van der Waals surface area contributed by atoms with E-state index in [2.05, 4.69) is 15.9 Å². The Morgan fingerprint density at radius 2 is 1.90 bits per heavy atom. The van der Waals surface area contributed by atoms with E-state index in [0.717, 1.165) is 3.79 Å². The maximum Gasteiger partial charge on any atom is 0.269 e. The highest BCUT2D eigenvalue weighted by atomic mass is 79.9. The summed E-state index contributed by atoms with van der Waals surface area (Å²) < 4.78 is 26.0. The molecule has 8 heteroatoms. The molecule has 0 saturated carbocycles. The van der Waals surface area contributed by atoms with Crippen LogP contribution in [-0.4, -0.2) is 31.0 Å². The van der Waals surface area contributed by atoms with Gasteiger partial charge in [-0.25, -0.2) is 12.7 Å². The Balaban J connectivity index is 1.94. The van der Waals surface area contributed by atoms with Crippen molar-refractivity contribution in [1.82, 2.24) is 4.31 Å². The van der Waals surface area contributed by atoms with E-state index in [-0.39, 0.29) is 10.5 Å². The van der Waals surface area contributed by atoms with E-state index in [1.807, 2.05) is 0 Å². The Bertz CT molecular complexity index is 857. The third-order valence-corrected chi connectivity index (χ3v) is 6.50. The normalized spacial score (nSPS) is 16.0. The third-order valence-electron chi connectivity index (χ3n) is 3.05. The highest BCUT2D eigenvalue weighted by Gasteiger charge is 2.41. The van der Waals surface area contributed by atoms with Gasteiger partial charge in [0.1, 0.15) is 11.4 Å². The summed E-state index contributed by atoms with van der Waals surface area (Å²) in [4.78, 5) is 24.7. The Morgan fingerprint density at radius 1 is 1.19 bits per heavy atom. The second kappa shape index (κ2) is 5.04. The molecule has 0 bridgehead atoms. The highest BCUT2D eigenvalue weighted by molar-refractivity contribution is 9.11. The molecule has 1 aliphatic heterocycles. The summed E-state index contributed by atoms with van der Waals surface area (Å²) in [6.07, 6.45) is 0. The van der Waals surface area contributed by atoms with Gasteiger partial charge in [-0.15, -0.1) is 11.3 Å². The minimum absolute atomic E-state index is 0.0461. The van der Waals surface area contributed by atoms with Crippen molar-refractivity contribution < 1.29 is 18.0 Å². The van der Waals surface area contributed by atoms with Gasteiger partial charge >= 0.3 is 0 Å². The number of carbonyl (C=O) groups is 2. The molecule has 0 N–H and O–H groups in total. The average Bonchev–Trinajstić information content (AvgIpc) is 2.96. The maximum absolute atomic E-state index is 12.3. The van der Waals surface area contributed by atoms with E-state index < -0.39 is 28.3 Å². The zero-order chi connectivity index (χ0) is 15.2. The minimum Gasteiger partial charge on any atom is -0.291 e. The number of halogens is 1. The summed E-state index contributed by atoms with van der Waals surface area (Å²) in [5.41, 5.74) is 0.109. The van der Waals surface area contributed by atoms with Crippen molar-refractivity contribution in [3.05, 3.63) is 50.6 Å². The SMILES string of the molecule is O=C(CN1C(=O)c2ccccc2S1(=O)=O)c1ccc(Br)s1. The van der Waals surface area contributed by atoms with Crippen molar-refractivity contribution in [2.24, 2.45) is 0 Å². The third kappa shape index (κ3) is 2.33. The predicted molar refractivity (Wildman–Crippen MR) is 81.0 cm³/mol. The van der Waals surface area contributed by atoms with Gasteiger partial charge in [0, 0.05) is 0 Å². The van der Waals surface area contributed by atoms with Crippen molar-refractivity contribution >= 4 is 49.0 Å². The molecule has 0 saturated heterocycles. The van der Waals surface area contributed by atoms with Gasteiger partial charge in [-0.2, -0.15) is 0 Å². The molecule has 2 heterocycles. The number of fused-ring (bicyclic) bond motifs is 1. The second-order valence-corrected chi connectivity index (χ2v) is 8.63. The van der Waals surface area contributed by atoms with E-state index >= 15 is 0 Å². The molecule has 0 fully saturated rings. The lowest BCUT2D eigenvalue weighted by molar-refractivity contribution is 0.0822. The molecule has 108 valence electrons. The Kier molecular flexibility index (Phi) is 3.46. The molecule has 0 radical (unpaired) electrons. The van der Waals surface area contributed by atoms with Crippen LogP contribution in [0.3, 0.4) is 0 Å². The lowest BCUT2D eigenvalue weighted by Gasteiger charge is -2.13. The number of amides is 1. The minimum atomic E-state index is -3.94. The Hall–Kier alpha value is -1.51.